The molecular weight excluding hydrogens is 429 g/mol. The van der Waals surface area contributed by atoms with Gasteiger partial charge in [-0.1, -0.05) is 48.5 Å². The molecule has 2 atom stereocenters. The van der Waals surface area contributed by atoms with Gasteiger partial charge in [0.25, 0.3) is 5.91 Å². The molecule has 3 aliphatic heterocycles. The molecule has 0 aliphatic carbocycles. The number of fused-ring (bicyclic) bond motifs is 2. The zero-order valence-electron chi connectivity index (χ0n) is 19.1. The van der Waals surface area contributed by atoms with Crippen LogP contribution in [-0.4, -0.2) is 61.6 Å². The molecule has 0 saturated carbocycles. The van der Waals surface area contributed by atoms with Gasteiger partial charge in [-0.15, -0.1) is 0 Å². The van der Waals surface area contributed by atoms with E-state index in [1.54, 1.807) is 0 Å². The molecule has 0 N–H and O–H groups in total. The highest BCUT2D eigenvalue weighted by atomic mass is 19.1. The van der Waals surface area contributed by atoms with Crippen LogP contribution in [0.15, 0.2) is 78.9 Å². The molecule has 3 heterocycles. The highest BCUT2D eigenvalue weighted by molar-refractivity contribution is 5.98. The molecule has 174 valence electrons. The lowest BCUT2D eigenvalue weighted by atomic mass is 9.76. The zero-order valence-corrected chi connectivity index (χ0v) is 19.1. The monoisotopic (exact) mass is 457 g/mol. The van der Waals surface area contributed by atoms with Crippen molar-refractivity contribution in [2.75, 3.05) is 50.8 Å². The number of carbonyl (C=O) groups excluding carboxylic acids is 1. The van der Waals surface area contributed by atoms with Crippen molar-refractivity contribution < 1.29 is 13.9 Å². The van der Waals surface area contributed by atoms with Crippen molar-refractivity contribution in [1.82, 2.24) is 9.80 Å². The van der Waals surface area contributed by atoms with Gasteiger partial charge in [0.05, 0.1) is 12.5 Å². The van der Waals surface area contributed by atoms with Gasteiger partial charge in [0.2, 0.25) is 0 Å². The number of amides is 1. The van der Waals surface area contributed by atoms with Crippen molar-refractivity contribution in [2.24, 2.45) is 0 Å². The highest BCUT2D eigenvalue weighted by Gasteiger charge is 2.57. The SMILES string of the molecule is O=C1c2ccccc2[C@H](CN2CCN(c3ccc(F)cc3)CC2)[C@]2(c3ccccc3)OCCN12. The molecule has 3 aromatic carbocycles. The van der Waals surface area contributed by atoms with Gasteiger partial charge >= 0.3 is 0 Å². The fourth-order valence-corrected chi connectivity index (χ4v) is 5.87. The first-order valence-corrected chi connectivity index (χ1v) is 12.0. The fraction of sp³-hybridized carbons (Fsp3) is 0.321. The zero-order chi connectivity index (χ0) is 23.1. The van der Waals surface area contributed by atoms with E-state index in [1.165, 1.54) is 12.1 Å². The summed E-state index contributed by atoms with van der Waals surface area (Å²) in [6.07, 6.45) is 0. The topological polar surface area (TPSA) is 36.0 Å². The minimum Gasteiger partial charge on any atom is -0.369 e. The molecule has 0 aromatic heterocycles. The second-order valence-electron chi connectivity index (χ2n) is 9.27. The van der Waals surface area contributed by atoms with E-state index in [-0.39, 0.29) is 17.6 Å². The number of hydrogen-bond donors (Lipinski definition) is 0. The maximum Gasteiger partial charge on any atom is 0.256 e. The Morgan fingerprint density at radius 1 is 0.853 bits per heavy atom. The van der Waals surface area contributed by atoms with Crippen LogP contribution < -0.4 is 4.90 Å². The number of nitrogens with zero attached hydrogens (tertiary/aromatic N) is 3. The van der Waals surface area contributed by atoms with Crippen LogP contribution in [0.1, 0.15) is 27.4 Å². The van der Waals surface area contributed by atoms with E-state index >= 15 is 0 Å². The summed E-state index contributed by atoms with van der Waals surface area (Å²) >= 11 is 0. The van der Waals surface area contributed by atoms with Gasteiger partial charge in [0.1, 0.15) is 5.82 Å². The number of rotatable bonds is 4. The van der Waals surface area contributed by atoms with E-state index in [9.17, 15) is 9.18 Å². The van der Waals surface area contributed by atoms with Crippen molar-refractivity contribution in [3.63, 3.8) is 0 Å². The van der Waals surface area contributed by atoms with Gasteiger partial charge in [-0.2, -0.15) is 0 Å². The van der Waals surface area contributed by atoms with Crippen LogP contribution in [0.5, 0.6) is 0 Å². The Morgan fingerprint density at radius 3 is 2.32 bits per heavy atom. The molecule has 3 aliphatic rings. The van der Waals surface area contributed by atoms with Gasteiger partial charge in [-0.3, -0.25) is 9.69 Å². The maximum atomic E-state index is 13.5. The smallest absolute Gasteiger partial charge is 0.256 e. The largest absolute Gasteiger partial charge is 0.369 e. The van der Waals surface area contributed by atoms with Crippen LogP contribution >= 0.6 is 0 Å². The van der Waals surface area contributed by atoms with Gasteiger partial charge in [-0.05, 0) is 35.9 Å². The number of piperazine rings is 1. The third-order valence-corrected chi connectivity index (χ3v) is 7.51. The molecule has 0 unspecified atom stereocenters. The number of hydrogen-bond acceptors (Lipinski definition) is 4. The molecule has 0 spiro atoms. The second kappa shape index (κ2) is 8.53. The summed E-state index contributed by atoms with van der Waals surface area (Å²) in [4.78, 5) is 20.3. The second-order valence-corrected chi connectivity index (χ2v) is 9.27. The Labute approximate surface area is 199 Å². The molecule has 6 heteroatoms. The summed E-state index contributed by atoms with van der Waals surface area (Å²) in [5.74, 6) is -0.154. The lowest BCUT2D eigenvalue weighted by Crippen LogP contribution is -2.57. The van der Waals surface area contributed by atoms with E-state index in [0.717, 1.165) is 55.1 Å². The average molecular weight is 458 g/mol. The molecule has 2 saturated heterocycles. The number of halogens is 1. The molecule has 5 nitrogen and oxygen atoms in total. The molecule has 0 bridgehead atoms. The molecule has 34 heavy (non-hydrogen) atoms. The van der Waals surface area contributed by atoms with Gasteiger partial charge in [-0.25, -0.2) is 4.39 Å². The third kappa shape index (κ3) is 3.40. The van der Waals surface area contributed by atoms with E-state index in [0.29, 0.717) is 13.2 Å². The van der Waals surface area contributed by atoms with E-state index in [4.69, 9.17) is 4.74 Å². The lowest BCUT2D eigenvalue weighted by molar-refractivity contribution is -0.106. The first kappa shape index (κ1) is 21.3. The first-order valence-electron chi connectivity index (χ1n) is 12.0. The van der Waals surface area contributed by atoms with E-state index in [1.807, 2.05) is 53.4 Å². The number of ether oxygens (including phenoxy) is 1. The normalized spacial score (nSPS) is 24.7. The quantitative estimate of drug-likeness (QED) is 0.592. The van der Waals surface area contributed by atoms with Gasteiger partial charge in [0.15, 0.2) is 5.72 Å². The van der Waals surface area contributed by atoms with E-state index in [2.05, 4.69) is 28.0 Å². The molecule has 0 radical (unpaired) electrons. The lowest BCUT2D eigenvalue weighted by Gasteiger charge is -2.49. The predicted molar refractivity (Wildman–Crippen MR) is 129 cm³/mol. The fourth-order valence-electron chi connectivity index (χ4n) is 5.87. The van der Waals surface area contributed by atoms with Crippen molar-refractivity contribution in [1.29, 1.82) is 0 Å². The minimum absolute atomic E-state index is 0.00340. The third-order valence-electron chi connectivity index (χ3n) is 7.51. The van der Waals surface area contributed by atoms with Crippen LogP contribution in [0, 0.1) is 5.82 Å². The highest BCUT2D eigenvalue weighted by Crippen LogP contribution is 2.51. The Morgan fingerprint density at radius 2 is 1.56 bits per heavy atom. The van der Waals surface area contributed by atoms with Crippen molar-refractivity contribution in [3.8, 4) is 0 Å². The molecule has 1 amide bonds. The summed E-state index contributed by atoms with van der Waals surface area (Å²) in [5, 5.41) is 0. The Bertz CT molecular complexity index is 1180. The van der Waals surface area contributed by atoms with Crippen LogP contribution in [0.3, 0.4) is 0 Å². The number of anilines is 1. The molecule has 3 aromatic rings. The molecular formula is C28H28FN3O2. The Kier molecular flexibility index (Phi) is 5.35. The van der Waals surface area contributed by atoms with Crippen molar-refractivity contribution in [2.45, 2.75) is 11.6 Å². The summed E-state index contributed by atoms with van der Waals surface area (Å²) in [6.45, 7) is 5.47. The summed E-state index contributed by atoms with van der Waals surface area (Å²) < 4.78 is 19.9. The summed E-state index contributed by atoms with van der Waals surface area (Å²) in [7, 11) is 0. The first-order chi connectivity index (χ1) is 16.7. The Balaban J connectivity index is 1.32. The maximum absolute atomic E-state index is 13.5. The van der Waals surface area contributed by atoms with Gasteiger partial charge < -0.3 is 14.5 Å². The molecule has 6 rings (SSSR count). The standard InChI is InChI=1S/C28H28FN3O2/c29-22-10-12-23(13-11-22)31-16-14-30(15-17-31)20-26-24-8-4-5-9-25(24)27(33)32-18-19-34-28(26,32)21-6-2-1-3-7-21/h1-13,26H,14-20H2/t26-,28-/m0/s1. The van der Waals surface area contributed by atoms with E-state index < -0.39 is 5.72 Å². The number of benzene rings is 3. The van der Waals surface area contributed by atoms with Crippen molar-refractivity contribution in [3.05, 3.63) is 101 Å². The summed E-state index contributed by atoms with van der Waals surface area (Å²) in [6, 6.07) is 25.0. The van der Waals surface area contributed by atoms with Crippen molar-refractivity contribution >= 4 is 11.6 Å². The van der Waals surface area contributed by atoms with Gasteiger partial charge in [0, 0.05) is 56.1 Å². The predicted octanol–water partition coefficient (Wildman–Crippen LogP) is 4.07. The summed E-state index contributed by atoms with van der Waals surface area (Å²) in [5.41, 5.74) is 3.15. The van der Waals surface area contributed by atoms with Crippen LogP contribution in [-0.2, 0) is 10.5 Å². The molecule has 2 fully saturated rings. The van der Waals surface area contributed by atoms with Crippen LogP contribution in [0.25, 0.3) is 0 Å². The average Bonchev–Trinajstić information content (AvgIpc) is 3.35. The number of carbonyl (C=O) groups is 1. The Hall–Kier alpha value is -3.22. The minimum atomic E-state index is -0.791. The van der Waals surface area contributed by atoms with Crippen LogP contribution in [0.2, 0.25) is 0 Å². The van der Waals surface area contributed by atoms with Crippen LogP contribution in [0.4, 0.5) is 10.1 Å².